The van der Waals surface area contributed by atoms with E-state index < -0.39 is 5.60 Å². The van der Waals surface area contributed by atoms with Crippen molar-refractivity contribution in [3.05, 3.63) is 23.3 Å². The molecule has 1 aromatic carbocycles. The van der Waals surface area contributed by atoms with Crippen LogP contribution in [0.15, 0.2) is 12.1 Å². The van der Waals surface area contributed by atoms with Gasteiger partial charge in [0.15, 0.2) is 11.5 Å². The molecule has 1 amide bonds. The number of carbonyl (C=O) groups excluding carboxylic acids is 1. The summed E-state index contributed by atoms with van der Waals surface area (Å²) in [7, 11) is 3.15. The zero-order valence-corrected chi connectivity index (χ0v) is 13.7. The predicted molar refractivity (Wildman–Crippen MR) is 84.8 cm³/mol. The van der Waals surface area contributed by atoms with Gasteiger partial charge in [0.2, 0.25) is 0 Å². The van der Waals surface area contributed by atoms with Crippen molar-refractivity contribution in [2.75, 3.05) is 20.8 Å². The van der Waals surface area contributed by atoms with Crippen LogP contribution in [0.25, 0.3) is 0 Å². The van der Waals surface area contributed by atoms with E-state index in [4.69, 9.17) is 9.47 Å². The van der Waals surface area contributed by atoms with Gasteiger partial charge in [-0.15, -0.1) is 0 Å². The molecule has 2 heterocycles. The van der Waals surface area contributed by atoms with Crippen LogP contribution in [0, 0.1) is 5.92 Å². The standard InChI is InChI=1S/C18H23NO4/c1-22-13-7-6-11-14(16(13)23-2)17(20)19-10-9-18(21)8-4-3-5-12(18)15(11)19/h6-7,12,15,21H,3-5,8-10H2,1-2H3/t12-,15-,18-/m1/s1. The van der Waals surface area contributed by atoms with Crippen molar-refractivity contribution in [1.82, 2.24) is 4.90 Å². The maximum absolute atomic E-state index is 13.0. The van der Waals surface area contributed by atoms with Gasteiger partial charge in [0.05, 0.1) is 31.4 Å². The first-order valence-corrected chi connectivity index (χ1v) is 8.39. The zero-order valence-electron chi connectivity index (χ0n) is 13.7. The Hall–Kier alpha value is -1.75. The summed E-state index contributed by atoms with van der Waals surface area (Å²) >= 11 is 0. The van der Waals surface area contributed by atoms with Gasteiger partial charge in [-0.25, -0.2) is 0 Å². The molecule has 1 aliphatic carbocycles. The van der Waals surface area contributed by atoms with Gasteiger partial charge < -0.3 is 19.5 Å². The lowest BCUT2D eigenvalue weighted by Crippen LogP contribution is -2.54. The maximum Gasteiger partial charge on any atom is 0.258 e. The van der Waals surface area contributed by atoms with Crippen molar-refractivity contribution >= 4 is 5.91 Å². The molecule has 5 nitrogen and oxygen atoms in total. The summed E-state index contributed by atoms with van der Waals surface area (Å²) in [5, 5.41) is 11.1. The fourth-order valence-electron chi connectivity index (χ4n) is 4.85. The third-order valence-corrected chi connectivity index (χ3v) is 5.94. The minimum absolute atomic E-state index is 0.00775. The van der Waals surface area contributed by atoms with Crippen LogP contribution in [0.5, 0.6) is 11.5 Å². The van der Waals surface area contributed by atoms with Crippen LogP contribution >= 0.6 is 0 Å². The molecule has 3 atom stereocenters. The van der Waals surface area contributed by atoms with Gasteiger partial charge in [-0.1, -0.05) is 18.9 Å². The van der Waals surface area contributed by atoms with E-state index in [1.165, 1.54) is 0 Å². The van der Waals surface area contributed by atoms with Crippen LogP contribution in [-0.2, 0) is 0 Å². The highest BCUT2D eigenvalue weighted by Crippen LogP contribution is 2.55. The molecule has 1 saturated carbocycles. The second kappa shape index (κ2) is 5.13. The van der Waals surface area contributed by atoms with Crippen molar-refractivity contribution in [3.8, 4) is 11.5 Å². The van der Waals surface area contributed by atoms with Gasteiger partial charge in [-0.05, 0) is 30.9 Å². The van der Waals surface area contributed by atoms with Gasteiger partial charge in [0, 0.05) is 12.5 Å². The van der Waals surface area contributed by atoms with Crippen LogP contribution < -0.4 is 9.47 Å². The SMILES string of the molecule is COc1ccc2c(c1OC)C(=O)N1CC[C@]3(O)CCCC[C@@H]3[C@@H]21. The molecular weight excluding hydrogens is 294 g/mol. The van der Waals surface area contributed by atoms with Gasteiger partial charge >= 0.3 is 0 Å². The number of hydrogen-bond acceptors (Lipinski definition) is 4. The molecule has 124 valence electrons. The fourth-order valence-corrected chi connectivity index (χ4v) is 4.85. The summed E-state index contributed by atoms with van der Waals surface area (Å²) in [5.74, 6) is 1.23. The van der Waals surface area contributed by atoms with Crippen LogP contribution in [-0.4, -0.2) is 42.3 Å². The average molecular weight is 317 g/mol. The first-order valence-electron chi connectivity index (χ1n) is 8.39. The molecule has 4 rings (SSSR count). The Morgan fingerprint density at radius 2 is 2.04 bits per heavy atom. The largest absolute Gasteiger partial charge is 0.493 e. The minimum Gasteiger partial charge on any atom is -0.493 e. The quantitative estimate of drug-likeness (QED) is 0.910. The predicted octanol–water partition coefficient (Wildman–Crippen LogP) is 2.53. The number of carbonyl (C=O) groups is 1. The Morgan fingerprint density at radius 3 is 2.78 bits per heavy atom. The number of ether oxygens (including phenoxy) is 2. The number of rotatable bonds is 2. The second-order valence-electron chi connectivity index (χ2n) is 6.91. The van der Waals surface area contributed by atoms with Crippen molar-refractivity contribution < 1.29 is 19.4 Å². The summed E-state index contributed by atoms with van der Waals surface area (Å²) in [6.07, 6.45) is 4.69. The number of methoxy groups -OCH3 is 2. The molecule has 2 aliphatic heterocycles. The Morgan fingerprint density at radius 1 is 1.22 bits per heavy atom. The summed E-state index contributed by atoms with van der Waals surface area (Å²) < 4.78 is 10.8. The molecule has 0 aromatic heterocycles. The molecule has 1 N–H and O–H groups in total. The van der Waals surface area contributed by atoms with Crippen LogP contribution in [0.2, 0.25) is 0 Å². The van der Waals surface area contributed by atoms with Gasteiger partial charge in [0.25, 0.3) is 5.91 Å². The highest BCUT2D eigenvalue weighted by molar-refractivity contribution is 6.02. The fraction of sp³-hybridized carbons (Fsp3) is 0.611. The summed E-state index contributed by atoms with van der Waals surface area (Å²) in [5.41, 5.74) is 0.971. The third-order valence-electron chi connectivity index (χ3n) is 5.94. The third kappa shape index (κ3) is 1.92. The van der Waals surface area contributed by atoms with E-state index in [9.17, 15) is 9.90 Å². The Bertz CT molecular complexity index is 659. The lowest BCUT2D eigenvalue weighted by molar-refractivity contribution is -0.111. The van der Waals surface area contributed by atoms with Crippen molar-refractivity contribution in [2.45, 2.75) is 43.7 Å². The summed E-state index contributed by atoms with van der Waals surface area (Å²) in [6, 6.07) is 3.81. The molecule has 3 aliphatic rings. The van der Waals surface area contributed by atoms with E-state index in [0.717, 1.165) is 31.2 Å². The molecular formula is C18H23NO4. The lowest BCUT2D eigenvalue weighted by atomic mass is 9.67. The van der Waals surface area contributed by atoms with Gasteiger partial charge in [-0.2, -0.15) is 0 Å². The number of piperidine rings is 1. The van der Waals surface area contributed by atoms with Crippen molar-refractivity contribution in [1.29, 1.82) is 0 Å². The molecule has 5 heteroatoms. The van der Waals surface area contributed by atoms with Gasteiger partial charge in [-0.3, -0.25) is 4.79 Å². The summed E-state index contributed by atoms with van der Waals surface area (Å²) in [6.45, 7) is 0.608. The molecule has 2 fully saturated rings. The maximum atomic E-state index is 13.0. The Kier molecular flexibility index (Phi) is 3.30. The lowest BCUT2D eigenvalue weighted by Gasteiger charge is -2.50. The van der Waals surface area contributed by atoms with Crippen LogP contribution in [0.1, 0.15) is 54.1 Å². The van der Waals surface area contributed by atoms with Crippen molar-refractivity contribution in [3.63, 3.8) is 0 Å². The topological polar surface area (TPSA) is 59.0 Å². The highest BCUT2D eigenvalue weighted by atomic mass is 16.5. The molecule has 23 heavy (non-hydrogen) atoms. The molecule has 0 unspecified atom stereocenters. The molecule has 0 radical (unpaired) electrons. The van der Waals surface area contributed by atoms with E-state index in [-0.39, 0.29) is 17.9 Å². The van der Waals surface area contributed by atoms with Gasteiger partial charge in [0.1, 0.15) is 0 Å². The number of aliphatic hydroxyl groups is 1. The first kappa shape index (κ1) is 14.8. The Labute approximate surface area is 136 Å². The molecule has 1 saturated heterocycles. The number of hydrogen-bond donors (Lipinski definition) is 1. The summed E-state index contributed by atoms with van der Waals surface area (Å²) in [4.78, 5) is 14.9. The highest BCUT2D eigenvalue weighted by Gasteiger charge is 2.54. The zero-order chi connectivity index (χ0) is 16.2. The van der Waals surface area contributed by atoms with Crippen LogP contribution in [0.3, 0.4) is 0 Å². The number of benzene rings is 1. The number of fused-ring (bicyclic) bond motifs is 5. The number of nitrogens with zero attached hydrogens (tertiary/aromatic N) is 1. The van der Waals surface area contributed by atoms with Crippen molar-refractivity contribution in [2.24, 2.45) is 5.92 Å². The van der Waals surface area contributed by atoms with E-state index in [1.54, 1.807) is 14.2 Å². The number of amides is 1. The van der Waals surface area contributed by atoms with E-state index in [1.807, 2.05) is 17.0 Å². The second-order valence-corrected chi connectivity index (χ2v) is 6.91. The smallest absolute Gasteiger partial charge is 0.258 e. The first-order chi connectivity index (χ1) is 11.1. The Balaban J connectivity index is 1.85. The normalized spacial score (nSPS) is 32.1. The van der Waals surface area contributed by atoms with E-state index in [2.05, 4.69) is 0 Å². The molecule has 0 bridgehead atoms. The molecule has 1 aromatic rings. The molecule has 0 spiro atoms. The average Bonchev–Trinajstić information content (AvgIpc) is 2.86. The monoisotopic (exact) mass is 317 g/mol. The minimum atomic E-state index is -0.630. The van der Waals surface area contributed by atoms with E-state index >= 15 is 0 Å². The van der Waals surface area contributed by atoms with Crippen LogP contribution in [0.4, 0.5) is 0 Å². The van der Waals surface area contributed by atoms with E-state index in [0.29, 0.717) is 30.0 Å².